The van der Waals surface area contributed by atoms with Crippen molar-refractivity contribution < 1.29 is 18.0 Å². The number of carbonyl (C=O) groups is 2. The zero-order valence-corrected chi connectivity index (χ0v) is 21.1. The molecule has 0 atom stereocenters. The summed E-state index contributed by atoms with van der Waals surface area (Å²) in [4.78, 5) is 25.8. The first kappa shape index (κ1) is 25.7. The highest BCUT2D eigenvalue weighted by molar-refractivity contribution is 7.92. The summed E-state index contributed by atoms with van der Waals surface area (Å²) >= 11 is 0. The summed E-state index contributed by atoms with van der Waals surface area (Å²) in [5.74, 6) is -0.704. The number of carbonyl (C=O) groups excluding carboxylic acids is 2. The van der Waals surface area contributed by atoms with Gasteiger partial charge in [0.15, 0.2) is 0 Å². The number of aryl methyl sites for hydroxylation is 1. The van der Waals surface area contributed by atoms with Gasteiger partial charge in [0.1, 0.15) is 0 Å². The molecule has 0 bridgehead atoms. The van der Waals surface area contributed by atoms with E-state index in [1.54, 1.807) is 36.4 Å². The first-order chi connectivity index (χ1) is 17.8. The van der Waals surface area contributed by atoms with Crippen molar-refractivity contribution >= 4 is 33.2 Å². The Kier molecular flexibility index (Phi) is 8.00. The molecule has 4 rings (SSSR count). The minimum atomic E-state index is -3.75. The molecule has 37 heavy (non-hydrogen) atoms. The van der Waals surface area contributed by atoms with Crippen LogP contribution in [0.4, 0.5) is 11.4 Å². The summed E-state index contributed by atoms with van der Waals surface area (Å²) < 4.78 is 27.7. The first-order valence-electron chi connectivity index (χ1n) is 11.7. The van der Waals surface area contributed by atoms with Crippen LogP contribution in [0, 0.1) is 6.92 Å². The lowest BCUT2D eigenvalue weighted by atomic mass is 10.1. The van der Waals surface area contributed by atoms with Gasteiger partial charge in [0.05, 0.1) is 16.1 Å². The summed E-state index contributed by atoms with van der Waals surface area (Å²) in [7, 11) is -3.75. The second kappa shape index (κ2) is 11.5. The Hall–Kier alpha value is -4.43. The Labute approximate surface area is 216 Å². The molecule has 0 aliphatic carbocycles. The third kappa shape index (κ3) is 6.83. The first-order valence-corrected chi connectivity index (χ1v) is 13.2. The predicted molar refractivity (Wildman–Crippen MR) is 145 cm³/mol. The quantitative estimate of drug-likeness (QED) is 0.292. The molecule has 0 aliphatic heterocycles. The molecule has 4 aromatic carbocycles. The fourth-order valence-electron chi connectivity index (χ4n) is 3.67. The second-order valence-electron chi connectivity index (χ2n) is 8.49. The van der Waals surface area contributed by atoms with Crippen LogP contribution in [0.15, 0.2) is 108 Å². The standard InChI is InChI=1S/C29H27N3O4S/c1-21-11-17-25(18-12-21)37(35,36)32-24-15-13-23(14-16-24)28(33)31-27-10-6-5-9-26(27)29(34)30-20-19-22-7-3-2-4-8-22/h2-18,32H,19-20H2,1H3,(H,30,34)(H,31,33). The maximum Gasteiger partial charge on any atom is 0.261 e. The number of nitrogens with one attached hydrogen (secondary N) is 3. The zero-order valence-electron chi connectivity index (χ0n) is 20.3. The summed E-state index contributed by atoms with van der Waals surface area (Å²) in [6.45, 7) is 2.34. The van der Waals surface area contributed by atoms with E-state index in [0.29, 0.717) is 35.5 Å². The molecule has 0 spiro atoms. The molecule has 0 fully saturated rings. The van der Waals surface area contributed by atoms with Crippen molar-refractivity contribution in [2.45, 2.75) is 18.2 Å². The number of para-hydroxylation sites is 1. The fourth-order valence-corrected chi connectivity index (χ4v) is 4.72. The predicted octanol–water partition coefficient (Wildman–Crippen LogP) is 5.02. The zero-order chi connectivity index (χ0) is 26.3. The number of sulfonamides is 1. The summed E-state index contributed by atoms with van der Waals surface area (Å²) in [6, 6.07) is 29.2. The Balaban J connectivity index is 1.39. The minimum absolute atomic E-state index is 0.151. The Bertz CT molecular complexity index is 1480. The molecule has 0 aliphatic rings. The van der Waals surface area contributed by atoms with Crippen molar-refractivity contribution in [2.24, 2.45) is 0 Å². The number of benzene rings is 4. The molecule has 0 radical (unpaired) electrons. The van der Waals surface area contributed by atoms with Crippen LogP contribution in [0.3, 0.4) is 0 Å². The summed E-state index contributed by atoms with van der Waals surface area (Å²) in [5, 5.41) is 5.67. The van der Waals surface area contributed by atoms with Crippen LogP contribution in [0.1, 0.15) is 31.8 Å². The number of hydrogen-bond donors (Lipinski definition) is 3. The topological polar surface area (TPSA) is 104 Å². The molecule has 188 valence electrons. The molecule has 4 aromatic rings. The van der Waals surface area contributed by atoms with E-state index in [2.05, 4.69) is 15.4 Å². The van der Waals surface area contributed by atoms with Gasteiger partial charge in [0, 0.05) is 17.8 Å². The molecule has 0 saturated carbocycles. The molecule has 0 saturated heterocycles. The van der Waals surface area contributed by atoms with Crippen molar-refractivity contribution in [3.05, 3.63) is 125 Å². The summed E-state index contributed by atoms with van der Waals surface area (Å²) in [5.41, 5.74) is 3.46. The molecule has 0 unspecified atom stereocenters. The van der Waals surface area contributed by atoms with Crippen LogP contribution >= 0.6 is 0 Å². The lowest BCUT2D eigenvalue weighted by molar-refractivity contribution is 0.0955. The van der Waals surface area contributed by atoms with Gasteiger partial charge in [0.2, 0.25) is 0 Å². The van der Waals surface area contributed by atoms with E-state index < -0.39 is 15.9 Å². The van der Waals surface area contributed by atoms with Gasteiger partial charge in [-0.2, -0.15) is 0 Å². The van der Waals surface area contributed by atoms with E-state index in [4.69, 9.17) is 0 Å². The molecule has 8 heteroatoms. The molecule has 7 nitrogen and oxygen atoms in total. The summed E-state index contributed by atoms with van der Waals surface area (Å²) in [6.07, 6.45) is 0.696. The highest BCUT2D eigenvalue weighted by Gasteiger charge is 2.16. The minimum Gasteiger partial charge on any atom is -0.352 e. The molecular formula is C29H27N3O4S. The lowest BCUT2D eigenvalue weighted by Gasteiger charge is -2.12. The van der Waals surface area contributed by atoms with E-state index in [1.165, 1.54) is 36.4 Å². The van der Waals surface area contributed by atoms with E-state index in [0.717, 1.165) is 11.1 Å². The van der Waals surface area contributed by atoms with Crippen LogP contribution in [0.5, 0.6) is 0 Å². The molecular weight excluding hydrogens is 486 g/mol. The van der Waals surface area contributed by atoms with Crippen LogP contribution in [-0.4, -0.2) is 26.8 Å². The van der Waals surface area contributed by atoms with Crippen molar-refractivity contribution in [3.8, 4) is 0 Å². The molecule has 0 aromatic heterocycles. The number of anilines is 2. The largest absolute Gasteiger partial charge is 0.352 e. The lowest BCUT2D eigenvalue weighted by Crippen LogP contribution is -2.27. The van der Waals surface area contributed by atoms with Gasteiger partial charge in [-0.3, -0.25) is 14.3 Å². The normalized spacial score (nSPS) is 10.9. The Morgan fingerprint density at radius 1 is 0.730 bits per heavy atom. The van der Waals surface area contributed by atoms with Crippen molar-refractivity contribution in [3.63, 3.8) is 0 Å². The third-order valence-corrected chi connectivity index (χ3v) is 7.09. The van der Waals surface area contributed by atoms with Gasteiger partial charge >= 0.3 is 0 Å². The van der Waals surface area contributed by atoms with Crippen LogP contribution < -0.4 is 15.4 Å². The maximum absolute atomic E-state index is 12.9. The Morgan fingerprint density at radius 2 is 1.38 bits per heavy atom. The van der Waals surface area contributed by atoms with Crippen LogP contribution in [0.25, 0.3) is 0 Å². The second-order valence-corrected chi connectivity index (χ2v) is 10.2. The Morgan fingerprint density at radius 3 is 2.08 bits per heavy atom. The molecule has 0 heterocycles. The average Bonchev–Trinajstić information content (AvgIpc) is 2.90. The van der Waals surface area contributed by atoms with Gasteiger partial charge in [0.25, 0.3) is 21.8 Å². The number of amides is 2. The van der Waals surface area contributed by atoms with Crippen LogP contribution in [0.2, 0.25) is 0 Å². The van der Waals surface area contributed by atoms with Crippen molar-refractivity contribution in [2.75, 3.05) is 16.6 Å². The molecule has 2 amide bonds. The van der Waals surface area contributed by atoms with E-state index >= 15 is 0 Å². The smallest absolute Gasteiger partial charge is 0.261 e. The highest BCUT2D eigenvalue weighted by atomic mass is 32.2. The van der Waals surface area contributed by atoms with Gasteiger partial charge in [-0.15, -0.1) is 0 Å². The van der Waals surface area contributed by atoms with Gasteiger partial charge < -0.3 is 10.6 Å². The average molecular weight is 514 g/mol. The van der Waals surface area contributed by atoms with Gasteiger partial charge in [-0.05, 0) is 67.4 Å². The van der Waals surface area contributed by atoms with Crippen molar-refractivity contribution in [1.82, 2.24) is 5.32 Å². The SMILES string of the molecule is Cc1ccc(S(=O)(=O)Nc2ccc(C(=O)Nc3ccccc3C(=O)NCCc3ccccc3)cc2)cc1. The van der Waals surface area contributed by atoms with E-state index in [-0.39, 0.29) is 10.8 Å². The maximum atomic E-state index is 12.9. The van der Waals surface area contributed by atoms with Gasteiger partial charge in [-0.1, -0.05) is 60.2 Å². The monoisotopic (exact) mass is 513 g/mol. The van der Waals surface area contributed by atoms with Crippen LogP contribution in [-0.2, 0) is 16.4 Å². The van der Waals surface area contributed by atoms with Crippen molar-refractivity contribution in [1.29, 1.82) is 0 Å². The fraction of sp³-hybridized carbons (Fsp3) is 0.103. The number of rotatable bonds is 9. The highest BCUT2D eigenvalue weighted by Crippen LogP contribution is 2.19. The van der Waals surface area contributed by atoms with Gasteiger partial charge in [-0.25, -0.2) is 8.42 Å². The number of hydrogen-bond acceptors (Lipinski definition) is 4. The van der Waals surface area contributed by atoms with E-state index in [1.807, 2.05) is 37.3 Å². The third-order valence-electron chi connectivity index (χ3n) is 5.69. The van der Waals surface area contributed by atoms with E-state index in [9.17, 15) is 18.0 Å². The molecule has 3 N–H and O–H groups in total.